The van der Waals surface area contributed by atoms with Crippen LogP contribution in [0.5, 0.6) is 0 Å². The van der Waals surface area contributed by atoms with E-state index in [-0.39, 0.29) is 0 Å². The SMILES string of the molecule is c1cnn(CCC2CCN(Cc3ccc([C@H]4CCCO4)s3)CC2)c1. The first-order valence-electron chi connectivity index (χ1n) is 9.27. The second-order valence-electron chi connectivity index (χ2n) is 7.08. The molecule has 130 valence electrons. The zero-order valence-electron chi connectivity index (χ0n) is 14.3. The molecule has 2 fully saturated rings. The zero-order chi connectivity index (χ0) is 16.2. The molecule has 0 bridgehead atoms. The number of likely N-dealkylation sites (tertiary alicyclic amines) is 1. The Labute approximate surface area is 148 Å². The summed E-state index contributed by atoms with van der Waals surface area (Å²) in [5, 5.41) is 4.30. The van der Waals surface area contributed by atoms with Crippen molar-refractivity contribution in [2.24, 2.45) is 5.92 Å². The summed E-state index contributed by atoms with van der Waals surface area (Å²) in [4.78, 5) is 5.54. The van der Waals surface area contributed by atoms with E-state index in [1.807, 2.05) is 23.6 Å². The van der Waals surface area contributed by atoms with Crippen molar-refractivity contribution in [2.45, 2.75) is 51.3 Å². The van der Waals surface area contributed by atoms with Crippen molar-refractivity contribution in [1.82, 2.24) is 14.7 Å². The Bertz CT molecular complexity index is 610. The van der Waals surface area contributed by atoms with Gasteiger partial charge in [-0.3, -0.25) is 9.58 Å². The lowest BCUT2D eigenvalue weighted by Gasteiger charge is -2.31. The van der Waals surface area contributed by atoms with Crippen LogP contribution in [0, 0.1) is 5.92 Å². The van der Waals surface area contributed by atoms with Crippen LogP contribution in [0.3, 0.4) is 0 Å². The molecule has 0 spiro atoms. The van der Waals surface area contributed by atoms with E-state index in [2.05, 4.69) is 33.0 Å². The van der Waals surface area contributed by atoms with Gasteiger partial charge in [0.1, 0.15) is 0 Å². The molecule has 4 rings (SSSR count). The maximum Gasteiger partial charge on any atom is 0.0917 e. The monoisotopic (exact) mass is 345 g/mol. The van der Waals surface area contributed by atoms with Gasteiger partial charge in [-0.25, -0.2) is 0 Å². The lowest BCUT2D eigenvalue weighted by Crippen LogP contribution is -2.33. The van der Waals surface area contributed by atoms with Crippen LogP contribution >= 0.6 is 11.3 Å². The number of aryl methyl sites for hydroxylation is 1. The normalized spacial score (nSPS) is 23.1. The molecule has 24 heavy (non-hydrogen) atoms. The van der Waals surface area contributed by atoms with Crippen molar-refractivity contribution in [2.75, 3.05) is 19.7 Å². The average Bonchev–Trinajstić information content (AvgIpc) is 3.36. The van der Waals surface area contributed by atoms with E-state index >= 15 is 0 Å². The first-order valence-corrected chi connectivity index (χ1v) is 10.1. The highest BCUT2D eigenvalue weighted by atomic mass is 32.1. The van der Waals surface area contributed by atoms with E-state index in [1.54, 1.807) is 0 Å². The van der Waals surface area contributed by atoms with Crippen LogP contribution in [0.1, 0.15) is 48.0 Å². The molecular formula is C19H27N3OS. The van der Waals surface area contributed by atoms with Gasteiger partial charge in [-0.2, -0.15) is 5.10 Å². The first kappa shape index (κ1) is 16.3. The molecule has 2 aromatic rings. The summed E-state index contributed by atoms with van der Waals surface area (Å²) in [6, 6.07) is 6.60. The lowest BCUT2D eigenvalue weighted by molar-refractivity contribution is 0.114. The maximum atomic E-state index is 5.80. The van der Waals surface area contributed by atoms with Crippen molar-refractivity contribution in [3.8, 4) is 0 Å². The third kappa shape index (κ3) is 4.08. The Kier molecular flexibility index (Phi) is 5.30. The second-order valence-corrected chi connectivity index (χ2v) is 8.28. The predicted molar refractivity (Wildman–Crippen MR) is 97.1 cm³/mol. The largest absolute Gasteiger partial charge is 0.373 e. The van der Waals surface area contributed by atoms with E-state index < -0.39 is 0 Å². The number of rotatable bonds is 6. The summed E-state index contributed by atoms with van der Waals surface area (Å²) in [5.74, 6) is 0.858. The van der Waals surface area contributed by atoms with Crippen LogP contribution in [0.15, 0.2) is 30.6 Å². The van der Waals surface area contributed by atoms with E-state index in [0.717, 1.165) is 25.6 Å². The molecule has 4 heterocycles. The topological polar surface area (TPSA) is 30.3 Å². The molecule has 0 aliphatic carbocycles. The standard InChI is InChI=1S/C19H27N3OS/c1-3-18(23-14-1)19-5-4-17(24-19)15-21-11-6-16(7-12-21)8-13-22-10-2-9-20-22/h2,4-5,9-10,16,18H,1,3,6-8,11-15H2/t18-/m1/s1. The number of ether oxygens (including phenoxy) is 1. The second kappa shape index (κ2) is 7.81. The molecular weight excluding hydrogens is 318 g/mol. The minimum Gasteiger partial charge on any atom is -0.373 e. The summed E-state index contributed by atoms with van der Waals surface area (Å²) in [7, 11) is 0. The fraction of sp³-hybridized carbons (Fsp3) is 0.632. The van der Waals surface area contributed by atoms with E-state index in [9.17, 15) is 0 Å². The Hall–Kier alpha value is -1.17. The van der Waals surface area contributed by atoms with Gasteiger partial charge in [-0.1, -0.05) is 0 Å². The summed E-state index contributed by atoms with van der Waals surface area (Å²) < 4.78 is 7.86. The van der Waals surface area contributed by atoms with Gasteiger partial charge in [0, 0.05) is 41.8 Å². The van der Waals surface area contributed by atoms with E-state index in [1.165, 1.54) is 54.9 Å². The molecule has 0 radical (unpaired) electrons. The van der Waals surface area contributed by atoms with Gasteiger partial charge < -0.3 is 4.74 Å². The molecule has 2 aromatic heterocycles. The molecule has 5 heteroatoms. The summed E-state index contributed by atoms with van der Waals surface area (Å²) >= 11 is 1.95. The third-order valence-electron chi connectivity index (χ3n) is 5.34. The van der Waals surface area contributed by atoms with Gasteiger partial charge in [0.25, 0.3) is 0 Å². The Morgan fingerprint density at radius 1 is 1.21 bits per heavy atom. The van der Waals surface area contributed by atoms with E-state index in [0.29, 0.717) is 6.10 Å². The van der Waals surface area contributed by atoms with Gasteiger partial charge in [0.15, 0.2) is 0 Å². The Balaban J connectivity index is 1.21. The molecule has 4 nitrogen and oxygen atoms in total. The molecule has 0 N–H and O–H groups in total. The number of thiophene rings is 1. The van der Waals surface area contributed by atoms with Crippen molar-refractivity contribution in [3.63, 3.8) is 0 Å². The zero-order valence-corrected chi connectivity index (χ0v) is 15.1. The molecule has 0 saturated carbocycles. The quantitative estimate of drug-likeness (QED) is 0.790. The Morgan fingerprint density at radius 3 is 2.88 bits per heavy atom. The van der Waals surface area contributed by atoms with E-state index in [4.69, 9.17) is 4.74 Å². The number of nitrogens with zero attached hydrogens (tertiary/aromatic N) is 3. The van der Waals surface area contributed by atoms with Crippen LogP contribution in [0.4, 0.5) is 0 Å². The molecule has 0 aromatic carbocycles. The number of piperidine rings is 1. The maximum absolute atomic E-state index is 5.80. The summed E-state index contributed by atoms with van der Waals surface area (Å²) in [5.41, 5.74) is 0. The van der Waals surface area contributed by atoms with Crippen LogP contribution in [0.25, 0.3) is 0 Å². The fourth-order valence-corrected chi connectivity index (χ4v) is 5.00. The van der Waals surface area contributed by atoms with Crippen molar-refractivity contribution in [1.29, 1.82) is 0 Å². The minimum atomic E-state index is 0.372. The highest BCUT2D eigenvalue weighted by Crippen LogP contribution is 2.34. The van der Waals surface area contributed by atoms with Crippen LogP contribution in [-0.2, 0) is 17.8 Å². The van der Waals surface area contributed by atoms with Crippen molar-refractivity contribution < 1.29 is 4.74 Å². The highest BCUT2D eigenvalue weighted by Gasteiger charge is 2.22. The molecule has 2 aliphatic rings. The first-order chi connectivity index (χ1) is 11.9. The third-order valence-corrected chi connectivity index (χ3v) is 6.50. The number of hydrogen-bond acceptors (Lipinski definition) is 4. The molecule has 0 amide bonds. The van der Waals surface area contributed by atoms with Crippen LogP contribution < -0.4 is 0 Å². The number of hydrogen-bond donors (Lipinski definition) is 0. The van der Waals surface area contributed by atoms with Crippen molar-refractivity contribution >= 4 is 11.3 Å². The van der Waals surface area contributed by atoms with Gasteiger partial charge in [0.05, 0.1) is 6.10 Å². The highest BCUT2D eigenvalue weighted by molar-refractivity contribution is 7.12. The molecule has 0 unspecified atom stereocenters. The molecule has 2 saturated heterocycles. The van der Waals surface area contributed by atoms with Crippen LogP contribution in [0.2, 0.25) is 0 Å². The Morgan fingerprint density at radius 2 is 2.12 bits per heavy atom. The molecule has 2 aliphatic heterocycles. The predicted octanol–water partition coefficient (Wildman–Crippen LogP) is 4.10. The average molecular weight is 346 g/mol. The molecule has 1 atom stereocenters. The van der Waals surface area contributed by atoms with Gasteiger partial charge in [-0.15, -0.1) is 11.3 Å². The summed E-state index contributed by atoms with van der Waals surface area (Å²) in [6.07, 6.45) is 10.6. The smallest absolute Gasteiger partial charge is 0.0917 e. The van der Waals surface area contributed by atoms with Gasteiger partial charge in [0.2, 0.25) is 0 Å². The number of aromatic nitrogens is 2. The van der Waals surface area contributed by atoms with Gasteiger partial charge in [-0.05, 0) is 69.3 Å². The summed E-state index contributed by atoms with van der Waals surface area (Å²) in [6.45, 7) is 5.58. The lowest BCUT2D eigenvalue weighted by atomic mass is 9.93. The fourth-order valence-electron chi connectivity index (χ4n) is 3.86. The van der Waals surface area contributed by atoms with Crippen LogP contribution in [-0.4, -0.2) is 34.4 Å². The van der Waals surface area contributed by atoms with Crippen molar-refractivity contribution in [3.05, 3.63) is 40.3 Å². The van der Waals surface area contributed by atoms with Gasteiger partial charge >= 0.3 is 0 Å². The minimum absolute atomic E-state index is 0.372.